The summed E-state index contributed by atoms with van der Waals surface area (Å²) < 4.78 is 25.1. The molecule has 10 heteroatoms. The second kappa shape index (κ2) is 7.73. The summed E-state index contributed by atoms with van der Waals surface area (Å²) in [6, 6.07) is 4.02. The van der Waals surface area contributed by atoms with Crippen LogP contribution in [-0.2, 0) is 14.8 Å². The molecule has 0 bridgehead atoms. The highest BCUT2D eigenvalue weighted by molar-refractivity contribution is 7.89. The van der Waals surface area contributed by atoms with Crippen molar-refractivity contribution in [3.05, 3.63) is 35.9 Å². The second-order valence-corrected chi connectivity index (χ2v) is 7.95. The summed E-state index contributed by atoms with van der Waals surface area (Å²) in [4.78, 5) is 37.1. The third kappa shape index (κ3) is 3.96. The summed E-state index contributed by atoms with van der Waals surface area (Å²) in [6.07, 6.45) is 0.333. The minimum Gasteiger partial charge on any atom is -0.479 e. The Morgan fingerprint density at radius 1 is 1.31 bits per heavy atom. The van der Waals surface area contributed by atoms with Gasteiger partial charge in [0.1, 0.15) is 0 Å². The number of carbonyl (C=O) groups is 3. The van der Waals surface area contributed by atoms with Gasteiger partial charge in [-0.05, 0) is 18.9 Å². The molecular formula is C16H21N3O6S. The lowest BCUT2D eigenvalue weighted by atomic mass is 10.1. The highest BCUT2D eigenvalue weighted by Gasteiger charge is 2.45. The summed E-state index contributed by atoms with van der Waals surface area (Å²) in [5, 5.41) is 11.6. The number of hydrogen-bond donors (Lipinski definition) is 2. The van der Waals surface area contributed by atoms with Crippen LogP contribution in [0.5, 0.6) is 0 Å². The SMILES string of the molecule is CCCS(=O)(=O)N1C(=O)N(C(=O)NC(C(=O)O)c2ccccc2)CC1C. The third-order valence-electron chi connectivity index (χ3n) is 3.92. The van der Waals surface area contributed by atoms with Crippen molar-refractivity contribution in [3.8, 4) is 0 Å². The van der Waals surface area contributed by atoms with Crippen LogP contribution >= 0.6 is 0 Å². The van der Waals surface area contributed by atoms with E-state index in [1.54, 1.807) is 25.1 Å². The summed E-state index contributed by atoms with van der Waals surface area (Å²) in [5.41, 5.74) is 0.337. The van der Waals surface area contributed by atoms with E-state index >= 15 is 0 Å². The van der Waals surface area contributed by atoms with Crippen LogP contribution in [0.3, 0.4) is 0 Å². The van der Waals surface area contributed by atoms with E-state index in [9.17, 15) is 27.9 Å². The first kappa shape index (κ1) is 19.7. The summed E-state index contributed by atoms with van der Waals surface area (Å²) in [7, 11) is -3.83. The largest absolute Gasteiger partial charge is 0.479 e. The van der Waals surface area contributed by atoms with Gasteiger partial charge in [-0.25, -0.2) is 32.0 Å². The van der Waals surface area contributed by atoms with Gasteiger partial charge in [-0.1, -0.05) is 37.3 Å². The van der Waals surface area contributed by atoms with E-state index in [1.807, 2.05) is 0 Å². The maximum absolute atomic E-state index is 12.4. The predicted octanol–water partition coefficient (Wildman–Crippen LogP) is 1.39. The molecule has 0 saturated carbocycles. The zero-order valence-corrected chi connectivity index (χ0v) is 15.3. The van der Waals surface area contributed by atoms with Crippen molar-refractivity contribution in [1.29, 1.82) is 0 Å². The molecule has 1 aromatic carbocycles. The van der Waals surface area contributed by atoms with Gasteiger partial charge in [0.2, 0.25) is 10.0 Å². The summed E-state index contributed by atoms with van der Waals surface area (Å²) in [5.74, 6) is -1.50. The lowest BCUT2D eigenvalue weighted by Gasteiger charge is -2.21. The number of aliphatic carboxylic acids is 1. The Bertz CT molecular complexity index is 795. The van der Waals surface area contributed by atoms with Crippen LogP contribution in [0.1, 0.15) is 31.9 Å². The number of hydrogen-bond acceptors (Lipinski definition) is 5. The maximum atomic E-state index is 12.4. The zero-order chi connectivity index (χ0) is 19.5. The first-order chi connectivity index (χ1) is 12.2. The van der Waals surface area contributed by atoms with Gasteiger partial charge >= 0.3 is 18.0 Å². The maximum Gasteiger partial charge on any atom is 0.342 e. The Balaban J connectivity index is 2.19. The van der Waals surface area contributed by atoms with E-state index in [-0.39, 0.29) is 12.3 Å². The fraction of sp³-hybridized carbons (Fsp3) is 0.438. The molecule has 0 radical (unpaired) electrons. The van der Waals surface area contributed by atoms with Crippen LogP contribution < -0.4 is 5.32 Å². The molecule has 1 aliphatic heterocycles. The number of nitrogens with zero attached hydrogens (tertiary/aromatic N) is 2. The van der Waals surface area contributed by atoms with Gasteiger partial charge in [-0.15, -0.1) is 0 Å². The fourth-order valence-electron chi connectivity index (χ4n) is 2.78. The van der Waals surface area contributed by atoms with E-state index in [4.69, 9.17) is 0 Å². The van der Waals surface area contributed by atoms with Crippen LogP contribution in [0.25, 0.3) is 0 Å². The normalized spacial score (nSPS) is 18.7. The lowest BCUT2D eigenvalue weighted by molar-refractivity contribution is -0.139. The van der Waals surface area contributed by atoms with E-state index in [0.29, 0.717) is 16.3 Å². The molecule has 2 N–H and O–H groups in total. The standard InChI is InChI=1S/C16H21N3O6S/c1-3-9-26(24,25)19-11(2)10-18(16(19)23)15(22)17-13(14(20)21)12-7-5-4-6-8-12/h4-8,11,13H,3,9-10H2,1-2H3,(H,17,22)(H,20,21). The first-order valence-electron chi connectivity index (χ1n) is 8.11. The Hall–Kier alpha value is -2.62. The highest BCUT2D eigenvalue weighted by atomic mass is 32.2. The third-order valence-corrected chi connectivity index (χ3v) is 5.96. The van der Waals surface area contributed by atoms with Gasteiger partial charge in [0.25, 0.3) is 0 Å². The highest BCUT2D eigenvalue weighted by Crippen LogP contribution is 2.22. The summed E-state index contributed by atoms with van der Waals surface area (Å²) in [6.45, 7) is 3.05. The lowest BCUT2D eigenvalue weighted by Crippen LogP contribution is -2.46. The molecule has 1 aliphatic rings. The number of carboxylic acid groups (broad SMARTS) is 1. The van der Waals surface area contributed by atoms with Crippen LogP contribution in [0.15, 0.2) is 30.3 Å². The number of nitrogens with one attached hydrogen (secondary N) is 1. The Kier molecular flexibility index (Phi) is 5.86. The molecule has 4 amide bonds. The van der Waals surface area contributed by atoms with Crippen molar-refractivity contribution in [2.75, 3.05) is 12.3 Å². The Labute approximate surface area is 151 Å². The Morgan fingerprint density at radius 3 is 2.46 bits per heavy atom. The molecule has 1 fully saturated rings. The first-order valence-corrected chi connectivity index (χ1v) is 9.71. The second-order valence-electron chi connectivity index (χ2n) is 5.99. The van der Waals surface area contributed by atoms with Crippen molar-refractivity contribution < 1.29 is 27.9 Å². The number of amides is 4. The van der Waals surface area contributed by atoms with E-state index < -0.39 is 40.1 Å². The molecule has 0 aromatic heterocycles. The van der Waals surface area contributed by atoms with Gasteiger partial charge in [0.05, 0.1) is 18.3 Å². The van der Waals surface area contributed by atoms with E-state index in [0.717, 1.165) is 4.90 Å². The minimum absolute atomic E-state index is 0.144. The van der Waals surface area contributed by atoms with Gasteiger partial charge in [0.15, 0.2) is 6.04 Å². The number of imide groups is 1. The minimum atomic E-state index is -3.83. The molecule has 2 atom stereocenters. The van der Waals surface area contributed by atoms with Crippen molar-refractivity contribution in [3.63, 3.8) is 0 Å². The zero-order valence-electron chi connectivity index (χ0n) is 14.5. The molecular weight excluding hydrogens is 362 g/mol. The van der Waals surface area contributed by atoms with Crippen molar-refractivity contribution in [2.45, 2.75) is 32.4 Å². The molecule has 9 nitrogen and oxygen atoms in total. The number of benzene rings is 1. The number of sulfonamides is 1. The molecule has 2 rings (SSSR count). The van der Waals surface area contributed by atoms with Gasteiger partial charge < -0.3 is 10.4 Å². The van der Waals surface area contributed by atoms with Gasteiger partial charge in [-0.2, -0.15) is 0 Å². The fourth-order valence-corrected chi connectivity index (χ4v) is 4.44. The molecule has 0 aliphatic carbocycles. The molecule has 1 heterocycles. The number of rotatable bonds is 6. The Morgan fingerprint density at radius 2 is 1.92 bits per heavy atom. The van der Waals surface area contributed by atoms with E-state index in [1.165, 1.54) is 19.1 Å². The molecule has 1 aromatic rings. The topological polar surface area (TPSA) is 124 Å². The quantitative estimate of drug-likeness (QED) is 0.765. The summed E-state index contributed by atoms with van der Waals surface area (Å²) >= 11 is 0. The average Bonchev–Trinajstić information content (AvgIpc) is 2.88. The molecule has 142 valence electrons. The molecule has 1 saturated heterocycles. The van der Waals surface area contributed by atoms with Crippen LogP contribution in [0, 0.1) is 0 Å². The van der Waals surface area contributed by atoms with Gasteiger partial charge in [-0.3, -0.25) is 0 Å². The number of urea groups is 2. The predicted molar refractivity (Wildman–Crippen MR) is 92.8 cm³/mol. The molecule has 26 heavy (non-hydrogen) atoms. The van der Waals surface area contributed by atoms with Crippen LogP contribution in [0.2, 0.25) is 0 Å². The van der Waals surface area contributed by atoms with Crippen molar-refractivity contribution in [2.24, 2.45) is 0 Å². The average molecular weight is 383 g/mol. The molecule has 2 unspecified atom stereocenters. The van der Waals surface area contributed by atoms with E-state index in [2.05, 4.69) is 5.32 Å². The number of carboxylic acids is 1. The number of carbonyl (C=O) groups excluding carboxylic acids is 2. The monoisotopic (exact) mass is 383 g/mol. The van der Waals surface area contributed by atoms with Crippen LogP contribution in [-0.4, -0.2) is 59.1 Å². The smallest absolute Gasteiger partial charge is 0.342 e. The molecule has 0 spiro atoms. The van der Waals surface area contributed by atoms with Crippen molar-refractivity contribution in [1.82, 2.24) is 14.5 Å². The van der Waals surface area contributed by atoms with Gasteiger partial charge in [0, 0.05) is 0 Å². The van der Waals surface area contributed by atoms with Crippen LogP contribution in [0.4, 0.5) is 9.59 Å². The van der Waals surface area contributed by atoms with Crippen molar-refractivity contribution >= 4 is 28.1 Å².